The third kappa shape index (κ3) is 2.69. The van der Waals surface area contributed by atoms with Crippen molar-refractivity contribution in [2.24, 2.45) is 13.0 Å². The summed E-state index contributed by atoms with van der Waals surface area (Å²) < 4.78 is 1.90. The molecule has 1 fully saturated rings. The lowest BCUT2D eigenvalue weighted by atomic mass is 9.98. The van der Waals surface area contributed by atoms with E-state index in [0.717, 1.165) is 5.82 Å². The topological polar surface area (TPSA) is 67.2 Å². The first-order valence-electron chi connectivity index (χ1n) is 6.06. The predicted octanol–water partition coefficient (Wildman–Crippen LogP) is -0.0953. The van der Waals surface area contributed by atoms with Crippen molar-refractivity contribution in [3.63, 3.8) is 0 Å². The number of hydrogen-bond acceptors (Lipinski definition) is 3. The first-order valence-corrected chi connectivity index (χ1v) is 6.06. The van der Waals surface area contributed by atoms with Crippen LogP contribution in [0.25, 0.3) is 0 Å². The van der Waals surface area contributed by atoms with E-state index in [2.05, 4.69) is 10.3 Å². The van der Waals surface area contributed by atoms with Gasteiger partial charge in [-0.05, 0) is 6.42 Å². The number of imidazole rings is 1. The molecule has 1 atom stereocenters. The van der Waals surface area contributed by atoms with Gasteiger partial charge < -0.3 is 14.8 Å². The Kier molecular flexibility index (Phi) is 3.64. The van der Waals surface area contributed by atoms with Crippen molar-refractivity contribution in [3.8, 4) is 0 Å². The monoisotopic (exact) mass is 250 g/mol. The Balaban J connectivity index is 1.92. The summed E-state index contributed by atoms with van der Waals surface area (Å²) >= 11 is 0. The van der Waals surface area contributed by atoms with E-state index in [9.17, 15) is 9.59 Å². The number of piperidine rings is 1. The number of carbonyl (C=O) groups is 2. The van der Waals surface area contributed by atoms with E-state index < -0.39 is 0 Å². The van der Waals surface area contributed by atoms with E-state index in [1.165, 1.54) is 0 Å². The number of nitrogens with one attached hydrogen (secondary N) is 1. The van der Waals surface area contributed by atoms with Gasteiger partial charge in [0.15, 0.2) is 0 Å². The van der Waals surface area contributed by atoms with Crippen LogP contribution in [-0.4, -0.2) is 39.9 Å². The summed E-state index contributed by atoms with van der Waals surface area (Å²) in [5, 5.41) is 2.73. The summed E-state index contributed by atoms with van der Waals surface area (Å²) in [6.07, 6.45) is 4.64. The summed E-state index contributed by atoms with van der Waals surface area (Å²) in [4.78, 5) is 29.1. The molecule has 1 aromatic rings. The van der Waals surface area contributed by atoms with Gasteiger partial charge in [0.05, 0.1) is 12.5 Å². The number of hydrogen-bond donors (Lipinski definition) is 1. The van der Waals surface area contributed by atoms with Crippen molar-refractivity contribution < 1.29 is 9.59 Å². The Bertz CT molecular complexity index is 445. The minimum Gasteiger partial charge on any atom is -0.355 e. The number of rotatable bonds is 3. The lowest BCUT2D eigenvalue weighted by molar-refractivity contribution is -0.136. The maximum Gasteiger partial charge on any atom is 0.227 e. The molecule has 6 nitrogen and oxygen atoms in total. The SMILES string of the molecule is CN(Cc1nccn1C)C(=O)C1CCC(=O)NC1. The van der Waals surface area contributed by atoms with Crippen LogP contribution in [0, 0.1) is 5.92 Å². The third-order valence-electron chi connectivity index (χ3n) is 3.29. The molecule has 18 heavy (non-hydrogen) atoms. The highest BCUT2D eigenvalue weighted by atomic mass is 16.2. The summed E-state index contributed by atoms with van der Waals surface area (Å²) in [5.41, 5.74) is 0. The van der Waals surface area contributed by atoms with Crippen LogP contribution >= 0.6 is 0 Å². The predicted molar refractivity (Wildman–Crippen MR) is 65.4 cm³/mol. The average Bonchev–Trinajstić information content (AvgIpc) is 2.75. The normalized spacial score (nSPS) is 19.4. The molecule has 0 radical (unpaired) electrons. The molecule has 2 heterocycles. The Morgan fingerprint density at radius 1 is 1.67 bits per heavy atom. The van der Waals surface area contributed by atoms with E-state index >= 15 is 0 Å². The summed E-state index contributed by atoms with van der Waals surface area (Å²) in [6.45, 7) is 0.940. The molecule has 1 aliphatic rings. The summed E-state index contributed by atoms with van der Waals surface area (Å²) in [6, 6.07) is 0. The molecule has 0 aliphatic carbocycles. The van der Waals surface area contributed by atoms with Gasteiger partial charge >= 0.3 is 0 Å². The van der Waals surface area contributed by atoms with E-state index in [1.54, 1.807) is 18.1 Å². The molecule has 1 N–H and O–H groups in total. The van der Waals surface area contributed by atoms with Gasteiger partial charge in [-0.2, -0.15) is 0 Å². The molecule has 98 valence electrons. The van der Waals surface area contributed by atoms with Gasteiger partial charge in [0.2, 0.25) is 11.8 Å². The van der Waals surface area contributed by atoms with Gasteiger partial charge in [-0.1, -0.05) is 0 Å². The quantitative estimate of drug-likeness (QED) is 0.815. The fourth-order valence-electron chi connectivity index (χ4n) is 2.09. The second-order valence-corrected chi connectivity index (χ2v) is 4.69. The van der Waals surface area contributed by atoms with Gasteiger partial charge in [-0.3, -0.25) is 9.59 Å². The zero-order valence-corrected chi connectivity index (χ0v) is 10.7. The van der Waals surface area contributed by atoms with E-state index in [-0.39, 0.29) is 17.7 Å². The van der Waals surface area contributed by atoms with Crippen molar-refractivity contribution >= 4 is 11.8 Å². The molecule has 2 rings (SSSR count). The molecule has 1 saturated heterocycles. The zero-order chi connectivity index (χ0) is 13.1. The van der Waals surface area contributed by atoms with Gasteiger partial charge in [0.25, 0.3) is 0 Å². The minimum absolute atomic E-state index is 0.0332. The van der Waals surface area contributed by atoms with Crippen molar-refractivity contribution in [1.29, 1.82) is 0 Å². The Morgan fingerprint density at radius 2 is 2.44 bits per heavy atom. The Hall–Kier alpha value is -1.85. The van der Waals surface area contributed by atoms with Crippen LogP contribution in [0.4, 0.5) is 0 Å². The fraction of sp³-hybridized carbons (Fsp3) is 0.583. The highest BCUT2D eigenvalue weighted by molar-refractivity contribution is 5.83. The Labute approximate surface area is 106 Å². The highest BCUT2D eigenvalue weighted by Crippen LogP contribution is 2.14. The first-order chi connectivity index (χ1) is 8.58. The summed E-state index contributed by atoms with van der Waals surface area (Å²) in [5.74, 6) is 0.850. The molecule has 0 aromatic carbocycles. The van der Waals surface area contributed by atoms with Crippen LogP contribution in [0.15, 0.2) is 12.4 Å². The molecular formula is C12H18N4O2. The second kappa shape index (κ2) is 5.20. The molecule has 0 spiro atoms. The number of nitrogens with zero attached hydrogens (tertiary/aromatic N) is 3. The number of amides is 2. The largest absolute Gasteiger partial charge is 0.355 e. The second-order valence-electron chi connectivity index (χ2n) is 4.69. The molecular weight excluding hydrogens is 232 g/mol. The van der Waals surface area contributed by atoms with E-state index in [0.29, 0.717) is 25.9 Å². The fourth-order valence-corrected chi connectivity index (χ4v) is 2.09. The Morgan fingerprint density at radius 3 is 3.00 bits per heavy atom. The van der Waals surface area contributed by atoms with E-state index in [4.69, 9.17) is 0 Å². The number of aromatic nitrogens is 2. The number of aryl methyl sites for hydroxylation is 1. The lowest BCUT2D eigenvalue weighted by Crippen LogP contribution is -2.43. The highest BCUT2D eigenvalue weighted by Gasteiger charge is 2.27. The van der Waals surface area contributed by atoms with Crippen molar-refractivity contribution in [3.05, 3.63) is 18.2 Å². The molecule has 1 aromatic heterocycles. The van der Waals surface area contributed by atoms with Crippen LogP contribution in [0.5, 0.6) is 0 Å². The van der Waals surface area contributed by atoms with Crippen molar-refractivity contribution in [1.82, 2.24) is 19.8 Å². The smallest absolute Gasteiger partial charge is 0.227 e. The van der Waals surface area contributed by atoms with Gasteiger partial charge in [-0.25, -0.2) is 4.98 Å². The molecule has 0 saturated carbocycles. The van der Waals surface area contributed by atoms with Crippen LogP contribution in [0.3, 0.4) is 0 Å². The van der Waals surface area contributed by atoms with Crippen LogP contribution in [0.1, 0.15) is 18.7 Å². The van der Waals surface area contributed by atoms with E-state index in [1.807, 2.05) is 17.8 Å². The third-order valence-corrected chi connectivity index (χ3v) is 3.29. The molecule has 1 aliphatic heterocycles. The summed E-state index contributed by atoms with van der Waals surface area (Å²) in [7, 11) is 3.68. The molecule has 6 heteroatoms. The van der Waals surface area contributed by atoms with Crippen LogP contribution in [-0.2, 0) is 23.2 Å². The molecule has 0 bridgehead atoms. The van der Waals surface area contributed by atoms with Gasteiger partial charge in [-0.15, -0.1) is 0 Å². The zero-order valence-electron chi connectivity index (χ0n) is 10.7. The maximum absolute atomic E-state index is 12.2. The van der Waals surface area contributed by atoms with Gasteiger partial charge in [0.1, 0.15) is 5.82 Å². The number of carbonyl (C=O) groups excluding carboxylic acids is 2. The minimum atomic E-state index is -0.104. The first kappa shape index (κ1) is 12.6. The van der Waals surface area contributed by atoms with Crippen LogP contribution < -0.4 is 5.32 Å². The van der Waals surface area contributed by atoms with Crippen LogP contribution in [0.2, 0.25) is 0 Å². The maximum atomic E-state index is 12.2. The lowest BCUT2D eigenvalue weighted by Gasteiger charge is -2.26. The molecule has 1 unspecified atom stereocenters. The average molecular weight is 250 g/mol. The standard InChI is InChI=1S/C12H18N4O2/c1-15-6-5-13-10(15)8-16(2)12(18)9-3-4-11(17)14-7-9/h5-6,9H,3-4,7-8H2,1-2H3,(H,14,17). The van der Waals surface area contributed by atoms with Crippen molar-refractivity contribution in [2.75, 3.05) is 13.6 Å². The molecule has 2 amide bonds. The van der Waals surface area contributed by atoms with Crippen molar-refractivity contribution in [2.45, 2.75) is 19.4 Å². The van der Waals surface area contributed by atoms with Gasteiger partial charge in [0, 0.05) is 39.5 Å².